The molecule has 0 radical (unpaired) electrons. The summed E-state index contributed by atoms with van der Waals surface area (Å²) in [7, 11) is 0. The maximum absolute atomic E-state index is 4.81. The molecule has 48 valence electrons. The second-order valence-electron chi connectivity index (χ2n) is 1.77. The highest BCUT2D eigenvalue weighted by Crippen LogP contribution is 2.23. The number of rotatable bonds is 0. The summed E-state index contributed by atoms with van der Waals surface area (Å²) < 4.78 is 0. The molecule has 0 aromatic carbocycles. The second-order valence-corrected chi connectivity index (χ2v) is 2.16. The van der Waals surface area contributed by atoms with Crippen LogP contribution < -0.4 is 0 Å². The molecule has 1 aromatic heterocycles. The van der Waals surface area contributed by atoms with Gasteiger partial charge in [-0.15, -0.1) is 15.3 Å². The van der Waals surface area contributed by atoms with Gasteiger partial charge in [0.05, 0.1) is 6.20 Å². The molecule has 4 nitrogen and oxygen atoms in total. The van der Waals surface area contributed by atoms with E-state index < -0.39 is 0 Å². The third-order valence-electron chi connectivity index (χ3n) is 1.15. The van der Waals surface area contributed by atoms with Gasteiger partial charge in [0.15, 0.2) is 10.7 Å². The van der Waals surface area contributed by atoms with Crippen molar-refractivity contribution in [1.29, 1.82) is 0 Å². The average molecular weight is 150 g/mol. The van der Waals surface area contributed by atoms with E-state index in [1.54, 1.807) is 12.3 Å². The van der Waals surface area contributed by atoms with Crippen LogP contribution in [-0.2, 0) is 0 Å². The fourth-order valence-corrected chi connectivity index (χ4v) is 0.891. The molecule has 2 rings (SSSR count). The summed E-state index contributed by atoms with van der Waals surface area (Å²) >= 11 is 4.81. The summed E-state index contributed by atoms with van der Waals surface area (Å²) in [5.41, 5.74) is 1.32. The molecule has 0 saturated carbocycles. The molecular weight excluding hydrogens is 148 g/mol. The van der Waals surface area contributed by atoms with E-state index in [0.717, 1.165) is 0 Å². The molecule has 0 atom stereocenters. The molecule has 0 N–H and O–H groups in total. The van der Waals surface area contributed by atoms with E-state index in [-0.39, 0.29) is 0 Å². The van der Waals surface area contributed by atoms with Crippen molar-refractivity contribution >= 4 is 22.9 Å². The van der Waals surface area contributed by atoms with Gasteiger partial charge in [0.2, 0.25) is 0 Å². The van der Waals surface area contributed by atoms with Crippen LogP contribution in [0.4, 0.5) is 5.69 Å². The molecule has 0 saturated heterocycles. The van der Waals surface area contributed by atoms with E-state index in [9.17, 15) is 0 Å². The van der Waals surface area contributed by atoms with Crippen molar-refractivity contribution in [3.8, 4) is 0 Å². The normalized spacial score (nSPS) is 13.8. The van der Waals surface area contributed by atoms with Crippen molar-refractivity contribution in [1.82, 2.24) is 10.2 Å². The van der Waals surface area contributed by atoms with Gasteiger partial charge in [-0.05, 0) is 6.07 Å². The van der Waals surface area contributed by atoms with Gasteiger partial charge in [0.25, 0.3) is 0 Å². The Morgan fingerprint density at radius 1 is 1.30 bits per heavy atom. The van der Waals surface area contributed by atoms with E-state index >= 15 is 0 Å². The van der Waals surface area contributed by atoms with Gasteiger partial charge in [0.1, 0.15) is 5.69 Å². The summed E-state index contributed by atoms with van der Waals surface area (Å²) in [4.78, 5) is 0.420. The highest BCUT2D eigenvalue weighted by Gasteiger charge is 2.14. The average Bonchev–Trinajstić information content (AvgIpc) is 2.34. The third kappa shape index (κ3) is 0.640. The zero-order valence-electron chi connectivity index (χ0n) is 4.85. The Hall–Kier alpha value is -1.23. The van der Waals surface area contributed by atoms with Crippen LogP contribution in [0, 0.1) is 0 Å². The number of hydrogen-bond donors (Lipinski definition) is 0. The Labute approximate surface area is 62.0 Å². The van der Waals surface area contributed by atoms with Gasteiger partial charge >= 0.3 is 0 Å². The zero-order valence-corrected chi connectivity index (χ0v) is 5.67. The monoisotopic (exact) mass is 150 g/mol. The minimum atomic E-state index is 0.420. The van der Waals surface area contributed by atoms with E-state index in [2.05, 4.69) is 20.4 Å². The Morgan fingerprint density at radius 2 is 2.20 bits per heavy atom. The molecule has 1 aliphatic heterocycles. The first-order chi connectivity index (χ1) is 4.88. The molecule has 10 heavy (non-hydrogen) atoms. The van der Waals surface area contributed by atoms with Crippen LogP contribution in [0.5, 0.6) is 0 Å². The van der Waals surface area contributed by atoms with Gasteiger partial charge in [-0.3, -0.25) is 0 Å². The maximum Gasteiger partial charge on any atom is 0.178 e. The van der Waals surface area contributed by atoms with Gasteiger partial charge < -0.3 is 0 Å². The molecular formula is C5H2N4S. The Bertz CT molecular complexity index is 319. The summed E-state index contributed by atoms with van der Waals surface area (Å²) in [6.45, 7) is 0. The van der Waals surface area contributed by atoms with Gasteiger partial charge in [-0.25, -0.2) is 0 Å². The van der Waals surface area contributed by atoms with Crippen molar-refractivity contribution in [2.24, 2.45) is 10.2 Å². The van der Waals surface area contributed by atoms with Crippen molar-refractivity contribution in [2.45, 2.75) is 0 Å². The van der Waals surface area contributed by atoms with Crippen LogP contribution in [0.15, 0.2) is 22.5 Å². The van der Waals surface area contributed by atoms with E-state index in [1.165, 1.54) is 0 Å². The lowest BCUT2D eigenvalue weighted by molar-refractivity contribution is 1.02. The van der Waals surface area contributed by atoms with Gasteiger partial charge in [0, 0.05) is 0 Å². The van der Waals surface area contributed by atoms with Crippen molar-refractivity contribution in [3.63, 3.8) is 0 Å². The summed E-state index contributed by atoms with van der Waals surface area (Å²) in [5.74, 6) is 0. The topological polar surface area (TPSA) is 50.5 Å². The summed E-state index contributed by atoms with van der Waals surface area (Å²) in [6.07, 6.45) is 1.56. The first-order valence-corrected chi connectivity index (χ1v) is 3.06. The van der Waals surface area contributed by atoms with Crippen molar-refractivity contribution in [3.05, 3.63) is 18.0 Å². The molecule has 0 aliphatic carbocycles. The number of nitrogens with zero attached hydrogens (tertiary/aromatic N) is 4. The first kappa shape index (κ1) is 5.55. The molecule has 0 unspecified atom stereocenters. The molecule has 0 bridgehead atoms. The zero-order chi connectivity index (χ0) is 6.97. The molecule has 0 spiro atoms. The highest BCUT2D eigenvalue weighted by atomic mass is 32.1. The Morgan fingerprint density at radius 3 is 3.00 bits per heavy atom. The molecule has 0 fully saturated rings. The standard InChI is InChI=1S/C5H2N4S/c10-5-4-3(7-9-5)1-2-6-8-4/h1-2H. The predicted octanol–water partition coefficient (Wildman–Crippen LogP) is 1.25. The van der Waals surface area contributed by atoms with Crippen LogP contribution in [0.3, 0.4) is 0 Å². The number of thiocarbonyl (C=S) groups is 1. The van der Waals surface area contributed by atoms with Crippen molar-refractivity contribution in [2.75, 3.05) is 0 Å². The molecule has 0 amide bonds. The van der Waals surface area contributed by atoms with Crippen LogP contribution >= 0.6 is 12.2 Å². The predicted molar refractivity (Wildman–Crippen MR) is 38.2 cm³/mol. The van der Waals surface area contributed by atoms with E-state index in [1.807, 2.05) is 0 Å². The minimum Gasteiger partial charge on any atom is -0.158 e. The minimum absolute atomic E-state index is 0.420. The largest absolute Gasteiger partial charge is 0.178 e. The number of fused-ring (bicyclic) bond motifs is 1. The fourth-order valence-electron chi connectivity index (χ4n) is 0.705. The summed E-state index contributed by atoms with van der Waals surface area (Å²) in [5, 5.41) is 14.8. The summed E-state index contributed by atoms with van der Waals surface area (Å²) in [6, 6.07) is 1.73. The van der Waals surface area contributed by atoms with E-state index in [0.29, 0.717) is 16.4 Å². The van der Waals surface area contributed by atoms with Crippen LogP contribution in [-0.4, -0.2) is 15.2 Å². The Kier molecular flexibility index (Phi) is 1.04. The molecule has 5 heteroatoms. The molecule has 1 aliphatic rings. The lowest BCUT2D eigenvalue weighted by atomic mass is 10.3. The van der Waals surface area contributed by atoms with Crippen LogP contribution in [0.25, 0.3) is 0 Å². The third-order valence-corrected chi connectivity index (χ3v) is 1.43. The molecule has 1 aromatic rings. The highest BCUT2D eigenvalue weighted by molar-refractivity contribution is 7.80. The van der Waals surface area contributed by atoms with Crippen molar-refractivity contribution < 1.29 is 0 Å². The van der Waals surface area contributed by atoms with Gasteiger partial charge in [-0.1, -0.05) is 12.2 Å². The second kappa shape index (κ2) is 1.88. The fraction of sp³-hybridized carbons (Fsp3) is 0. The van der Waals surface area contributed by atoms with Crippen LogP contribution in [0.1, 0.15) is 5.69 Å². The lowest BCUT2D eigenvalue weighted by Crippen LogP contribution is -1.93. The number of hydrogen-bond acceptors (Lipinski definition) is 4. The quantitative estimate of drug-likeness (QED) is 0.523. The SMILES string of the molecule is S=C1N=Nc2ccnnc21. The Balaban J connectivity index is 2.70. The van der Waals surface area contributed by atoms with Crippen LogP contribution in [0.2, 0.25) is 0 Å². The maximum atomic E-state index is 4.81. The number of aromatic nitrogens is 2. The van der Waals surface area contributed by atoms with Gasteiger partial charge in [-0.2, -0.15) is 5.10 Å². The smallest absolute Gasteiger partial charge is 0.158 e. The lowest BCUT2D eigenvalue weighted by Gasteiger charge is -1.87. The van der Waals surface area contributed by atoms with E-state index in [4.69, 9.17) is 12.2 Å². The molecule has 2 heterocycles. The first-order valence-electron chi connectivity index (χ1n) is 2.66. The number of azo groups is 1.